The number of amides is 2. The summed E-state index contributed by atoms with van der Waals surface area (Å²) in [5.74, 6) is -0.220. The molecule has 0 saturated carbocycles. The molecule has 1 aromatic carbocycles. The Morgan fingerprint density at radius 3 is 2.71 bits per heavy atom. The van der Waals surface area contributed by atoms with E-state index in [9.17, 15) is 9.59 Å². The molecule has 2 amide bonds. The number of carbonyl (C=O) groups excluding carboxylic acids is 2. The maximum Gasteiger partial charge on any atom is 0.231 e. The lowest BCUT2D eigenvalue weighted by atomic mass is 10.1. The number of ether oxygens (including phenoxy) is 1. The molecule has 0 spiro atoms. The molecular weight excluding hydrogens is 394 g/mol. The van der Waals surface area contributed by atoms with Gasteiger partial charge in [-0.3, -0.25) is 9.59 Å². The minimum Gasteiger partial charge on any atom is -0.380 e. The average molecular weight is 416 g/mol. The number of thiazole rings is 1. The molecule has 0 aliphatic rings. The molecule has 0 unspecified atom stereocenters. The second kappa shape index (κ2) is 10.1. The van der Waals surface area contributed by atoms with Crippen LogP contribution in [0.25, 0.3) is 0 Å². The Morgan fingerprint density at radius 1 is 1.07 bits per heavy atom. The third kappa shape index (κ3) is 6.26. The summed E-state index contributed by atoms with van der Waals surface area (Å²) in [6.07, 6.45) is 0.504. The van der Waals surface area contributed by atoms with Crippen LogP contribution in [0, 0.1) is 0 Å². The zero-order chi connectivity index (χ0) is 19.8. The molecule has 2 N–H and O–H groups in total. The van der Waals surface area contributed by atoms with Crippen molar-refractivity contribution in [2.75, 3.05) is 12.4 Å². The first-order valence-corrected chi connectivity index (χ1v) is 10.5. The van der Waals surface area contributed by atoms with Gasteiger partial charge < -0.3 is 15.4 Å². The predicted molar refractivity (Wildman–Crippen MR) is 111 cm³/mol. The van der Waals surface area contributed by atoms with E-state index in [-0.39, 0.29) is 18.2 Å². The largest absolute Gasteiger partial charge is 0.380 e. The fourth-order valence-corrected chi connectivity index (χ4v) is 4.03. The van der Waals surface area contributed by atoms with Gasteiger partial charge in [0, 0.05) is 23.9 Å². The molecule has 0 bridgehead atoms. The van der Waals surface area contributed by atoms with Crippen molar-refractivity contribution < 1.29 is 14.3 Å². The van der Waals surface area contributed by atoms with E-state index in [2.05, 4.69) is 15.6 Å². The predicted octanol–water partition coefficient (Wildman–Crippen LogP) is 3.39. The van der Waals surface area contributed by atoms with E-state index in [4.69, 9.17) is 4.74 Å². The molecular formula is C20H21N3O3S2. The Balaban J connectivity index is 1.45. The number of hydrogen-bond acceptors (Lipinski definition) is 6. The number of rotatable bonds is 9. The SMILES string of the molecule is COCc1cccc(CNC(=O)Cc2csc(NC(=O)Cc3cccs3)n2)c1. The zero-order valence-corrected chi connectivity index (χ0v) is 17.1. The highest BCUT2D eigenvalue weighted by Gasteiger charge is 2.11. The van der Waals surface area contributed by atoms with E-state index in [1.165, 1.54) is 11.3 Å². The second-order valence-corrected chi connectivity index (χ2v) is 8.05. The first-order chi connectivity index (χ1) is 13.6. The van der Waals surface area contributed by atoms with Crippen molar-refractivity contribution in [1.82, 2.24) is 10.3 Å². The van der Waals surface area contributed by atoms with Gasteiger partial charge in [0.25, 0.3) is 0 Å². The minimum absolute atomic E-state index is 0.108. The number of methoxy groups -OCH3 is 1. The minimum atomic E-state index is -0.112. The fraction of sp³-hybridized carbons (Fsp3) is 0.250. The fourth-order valence-electron chi connectivity index (χ4n) is 2.60. The maximum atomic E-state index is 12.2. The van der Waals surface area contributed by atoms with Crippen molar-refractivity contribution >= 4 is 39.6 Å². The highest BCUT2D eigenvalue weighted by Crippen LogP contribution is 2.17. The Morgan fingerprint density at radius 2 is 1.93 bits per heavy atom. The molecule has 28 heavy (non-hydrogen) atoms. The summed E-state index contributed by atoms with van der Waals surface area (Å²) in [7, 11) is 1.65. The van der Waals surface area contributed by atoms with E-state index in [0.717, 1.165) is 16.0 Å². The molecule has 2 aromatic heterocycles. The molecule has 3 aromatic rings. The van der Waals surface area contributed by atoms with Gasteiger partial charge in [-0.05, 0) is 22.6 Å². The third-order valence-electron chi connectivity index (χ3n) is 3.85. The lowest BCUT2D eigenvalue weighted by Crippen LogP contribution is -2.24. The summed E-state index contributed by atoms with van der Waals surface area (Å²) in [5.41, 5.74) is 2.72. The Hall–Kier alpha value is -2.55. The van der Waals surface area contributed by atoms with Crippen molar-refractivity contribution in [2.24, 2.45) is 0 Å². The molecule has 0 saturated heterocycles. The van der Waals surface area contributed by atoms with Crippen molar-refractivity contribution in [3.63, 3.8) is 0 Å². The zero-order valence-electron chi connectivity index (χ0n) is 15.4. The van der Waals surface area contributed by atoms with Gasteiger partial charge in [-0.15, -0.1) is 22.7 Å². The summed E-state index contributed by atoms with van der Waals surface area (Å²) in [6.45, 7) is 0.993. The number of nitrogens with zero attached hydrogens (tertiary/aromatic N) is 1. The smallest absolute Gasteiger partial charge is 0.231 e. The molecule has 0 atom stereocenters. The van der Waals surface area contributed by atoms with Gasteiger partial charge in [-0.1, -0.05) is 30.3 Å². The van der Waals surface area contributed by atoms with E-state index >= 15 is 0 Å². The number of carbonyl (C=O) groups is 2. The highest BCUT2D eigenvalue weighted by molar-refractivity contribution is 7.14. The Bertz CT molecular complexity index is 922. The van der Waals surface area contributed by atoms with Gasteiger partial charge in [-0.2, -0.15) is 0 Å². The van der Waals surface area contributed by atoms with Crippen molar-refractivity contribution in [3.8, 4) is 0 Å². The van der Waals surface area contributed by atoms with E-state index in [1.54, 1.807) is 23.8 Å². The van der Waals surface area contributed by atoms with Crippen LogP contribution in [0.3, 0.4) is 0 Å². The van der Waals surface area contributed by atoms with Crippen molar-refractivity contribution in [2.45, 2.75) is 26.0 Å². The van der Waals surface area contributed by atoms with Crippen LogP contribution in [0.15, 0.2) is 47.2 Å². The van der Waals surface area contributed by atoms with Crippen LogP contribution in [-0.4, -0.2) is 23.9 Å². The van der Waals surface area contributed by atoms with Crippen LogP contribution in [0.5, 0.6) is 0 Å². The summed E-state index contributed by atoms with van der Waals surface area (Å²) in [4.78, 5) is 29.5. The van der Waals surface area contributed by atoms with Crippen LogP contribution in [0.2, 0.25) is 0 Å². The van der Waals surface area contributed by atoms with Crippen molar-refractivity contribution in [3.05, 3.63) is 68.9 Å². The molecule has 0 aliphatic carbocycles. The van der Waals surface area contributed by atoms with Crippen molar-refractivity contribution in [1.29, 1.82) is 0 Å². The number of nitrogens with one attached hydrogen (secondary N) is 2. The van der Waals surface area contributed by atoms with Gasteiger partial charge in [-0.25, -0.2) is 4.98 Å². The molecule has 8 heteroatoms. The first kappa shape index (κ1) is 20.2. The molecule has 6 nitrogen and oxygen atoms in total. The molecule has 0 fully saturated rings. The summed E-state index contributed by atoms with van der Waals surface area (Å²) < 4.78 is 5.12. The summed E-state index contributed by atoms with van der Waals surface area (Å²) in [5, 5.41) is 9.92. The van der Waals surface area contributed by atoms with Gasteiger partial charge in [0.2, 0.25) is 11.8 Å². The lowest BCUT2D eigenvalue weighted by Gasteiger charge is -2.06. The number of anilines is 1. The molecule has 0 aliphatic heterocycles. The summed E-state index contributed by atoms with van der Waals surface area (Å²) >= 11 is 2.87. The van der Waals surface area contributed by atoms with Crippen LogP contribution < -0.4 is 10.6 Å². The van der Waals surface area contributed by atoms with Gasteiger partial charge in [0.1, 0.15) is 0 Å². The lowest BCUT2D eigenvalue weighted by molar-refractivity contribution is -0.120. The molecule has 2 heterocycles. The number of aromatic nitrogens is 1. The quantitative estimate of drug-likeness (QED) is 0.561. The topological polar surface area (TPSA) is 80.3 Å². The number of hydrogen-bond donors (Lipinski definition) is 2. The van der Waals surface area contributed by atoms with E-state index in [1.807, 2.05) is 41.8 Å². The Kier molecular flexibility index (Phi) is 7.30. The van der Waals surface area contributed by atoms with Crippen LogP contribution >= 0.6 is 22.7 Å². The molecule has 146 valence electrons. The van der Waals surface area contributed by atoms with E-state index < -0.39 is 0 Å². The van der Waals surface area contributed by atoms with Crippen LogP contribution in [0.1, 0.15) is 21.7 Å². The van der Waals surface area contributed by atoms with Gasteiger partial charge >= 0.3 is 0 Å². The maximum absolute atomic E-state index is 12.2. The number of thiophene rings is 1. The van der Waals surface area contributed by atoms with Crippen LogP contribution in [0.4, 0.5) is 5.13 Å². The van der Waals surface area contributed by atoms with Gasteiger partial charge in [0.05, 0.1) is 25.1 Å². The standard InChI is InChI=1S/C20H21N3O3S2/c1-26-12-15-5-2-4-14(8-15)11-21-18(24)9-16-13-28-20(22-16)23-19(25)10-17-6-3-7-27-17/h2-8,13H,9-12H2,1H3,(H,21,24)(H,22,23,25). The highest BCUT2D eigenvalue weighted by atomic mass is 32.1. The van der Waals surface area contributed by atoms with E-state index in [0.29, 0.717) is 30.4 Å². The average Bonchev–Trinajstić information content (AvgIpc) is 3.33. The number of benzene rings is 1. The summed E-state index contributed by atoms with van der Waals surface area (Å²) in [6, 6.07) is 11.7. The monoisotopic (exact) mass is 415 g/mol. The Labute approximate surface area is 171 Å². The normalized spacial score (nSPS) is 10.6. The molecule has 3 rings (SSSR count). The second-order valence-electron chi connectivity index (χ2n) is 6.15. The third-order valence-corrected chi connectivity index (χ3v) is 5.53. The van der Waals surface area contributed by atoms with Crippen LogP contribution in [-0.2, 0) is 40.3 Å². The first-order valence-electron chi connectivity index (χ1n) is 8.72. The van der Waals surface area contributed by atoms with Gasteiger partial charge in [0.15, 0.2) is 5.13 Å². The molecule has 0 radical (unpaired) electrons.